The second kappa shape index (κ2) is 7.20. The molecule has 1 aliphatic heterocycles. The predicted molar refractivity (Wildman–Crippen MR) is 85.7 cm³/mol. The van der Waals surface area contributed by atoms with Crippen LogP contribution in [0.15, 0.2) is 42.7 Å². The number of carbonyl (C=O) groups is 1. The first-order valence-corrected chi connectivity index (χ1v) is 6.82. The van der Waals surface area contributed by atoms with Gasteiger partial charge in [-0.15, -0.1) is 12.4 Å². The highest BCUT2D eigenvalue weighted by Gasteiger charge is 2.10. The maximum Gasteiger partial charge on any atom is 0.228 e. The molecule has 21 heavy (non-hydrogen) atoms. The molecule has 3 rings (SSSR count). The summed E-state index contributed by atoms with van der Waals surface area (Å²) >= 11 is 0. The highest BCUT2D eigenvalue weighted by atomic mass is 35.5. The summed E-state index contributed by atoms with van der Waals surface area (Å²) < 4.78 is 0. The number of hydrogen-bond acceptors (Lipinski definition) is 3. The molecule has 5 heteroatoms. The molecule has 0 saturated carbocycles. The Kier molecular flexibility index (Phi) is 5.31. The zero-order valence-corrected chi connectivity index (χ0v) is 12.5. The van der Waals surface area contributed by atoms with E-state index in [1.165, 1.54) is 11.1 Å². The van der Waals surface area contributed by atoms with Crippen LogP contribution in [0.1, 0.15) is 16.7 Å². The van der Waals surface area contributed by atoms with Gasteiger partial charge in [-0.3, -0.25) is 9.78 Å². The maximum absolute atomic E-state index is 12.0. The number of fused-ring (bicyclic) bond motifs is 1. The van der Waals surface area contributed by atoms with Crippen molar-refractivity contribution < 1.29 is 4.79 Å². The Labute approximate surface area is 130 Å². The Morgan fingerprint density at radius 2 is 2.19 bits per heavy atom. The van der Waals surface area contributed by atoms with Crippen molar-refractivity contribution in [3.8, 4) is 0 Å². The molecule has 0 fully saturated rings. The lowest BCUT2D eigenvalue weighted by Gasteiger charge is -2.18. The van der Waals surface area contributed by atoms with Crippen molar-refractivity contribution in [2.24, 2.45) is 0 Å². The van der Waals surface area contributed by atoms with Gasteiger partial charge in [-0.2, -0.15) is 0 Å². The topological polar surface area (TPSA) is 54.0 Å². The Bertz CT molecular complexity index is 616. The van der Waals surface area contributed by atoms with E-state index in [-0.39, 0.29) is 18.3 Å². The lowest BCUT2D eigenvalue weighted by atomic mass is 10.0. The van der Waals surface area contributed by atoms with Crippen molar-refractivity contribution in [3.05, 3.63) is 59.4 Å². The summed E-state index contributed by atoms with van der Waals surface area (Å²) in [4.78, 5) is 16.0. The van der Waals surface area contributed by atoms with Crippen LogP contribution >= 0.6 is 12.4 Å². The summed E-state index contributed by atoms with van der Waals surface area (Å²) in [5.41, 5.74) is 4.43. The normalized spacial score (nSPS) is 13.0. The fourth-order valence-electron chi connectivity index (χ4n) is 2.45. The highest BCUT2D eigenvalue weighted by molar-refractivity contribution is 5.92. The molecule has 0 bridgehead atoms. The fourth-order valence-corrected chi connectivity index (χ4v) is 2.45. The van der Waals surface area contributed by atoms with Crippen LogP contribution in [0.3, 0.4) is 0 Å². The first kappa shape index (κ1) is 15.5. The minimum Gasteiger partial charge on any atom is -0.326 e. The molecule has 1 amide bonds. The average Bonchev–Trinajstić information content (AvgIpc) is 2.48. The number of amides is 1. The van der Waals surface area contributed by atoms with E-state index < -0.39 is 0 Å². The minimum absolute atomic E-state index is 0. The van der Waals surface area contributed by atoms with Crippen molar-refractivity contribution in [1.29, 1.82) is 0 Å². The smallest absolute Gasteiger partial charge is 0.228 e. The molecule has 2 aromatic rings. The van der Waals surface area contributed by atoms with Crippen LogP contribution in [0, 0.1) is 0 Å². The quantitative estimate of drug-likeness (QED) is 0.915. The minimum atomic E-state index is -0.0123. The summed E-state index contributed by atoms with van der Waals surface area (Å²) in [5, 5.41) is 6.29. The van der Waals surface area contributed by atoms with Gasteiger partial charge in [0.2, 0.25) is 5.91 Å². The number of carbonyl (C=O) groups excluding carboxylic acids is 1. The Balaban J connectivity index is 0.00000161. The third-order valence-corrected chi connectivity index (χ3v) is 3.46. The summed E-state index contributed by atoms with van der Waals surface area (Å²) in [6.45, 7) is 1.90. The molecule has 0 radical (unpaired) electrons. The molecular weight excluding hydrogens is 286 g/mol. The number of benzene rings is 1. The van der Waals surface area contributed by atoms with Crippen molar-refractivity contribution in [3.63, 3.8) is 0 Å². The number of aromatic nitrogens is 1. The van der Waals surface area contributed by atoms with Gasteiger partial charge in [0.25, 0.3) is 0 Å². The lowest BCUT2D eigenvalue weighted by Crippen LogP contribution is -2.24. The molecule has 4 nitrogen and oxygen atoms in total. The molecule has 1 aromatic carbocycles. The van der Waals surface area contributed by atoms with E-state index in [2.05, 4.69) is 27.8 Å². The number of nitrogens with one attached hydrogen (secondary N) is 2. The number of hydrogen-bond donors (Lipinski definition) is 2. The molecule has 0 saturated heterocycles. The van der Waals surface area contributed by atoms with Crippen LogP contribution in [-0.4, -0.2) is 17.4 Å². The van der Waals surface area contributed by atoms with Crippen molar-refractivity contribution in [2.45, 2.75) is 19.4 Å². The van der Waals surface area contributed by atoms with Gasteiger partial charge in [0.1, 0.15) is 0 Å². The largest absolute Gasteiger partial charge is 0.326 e. The molecule has 2 heterocycles. The first-order chi connectivity index (χ1) is 9.81. The SMILES string of the molecule is Cl.O=C(Cc1cccnc1)Nc1ccc2c(c1)CNCC2. The van der Waals surface area contributed by atoms with E-state index in [1.54, 1.807) is 12.4 Å². The van der Waals surface area contributed by atoms with Gasteiger partial charge in [0, 0.05) is 24.6 Å². The number of anilines is 1. The molecule has 0 unspecified atom stereocenters. The van der Waals surface area contributed by atoms with Crippen LogP contribution in [0.5, 0.6) is 0 Å². The van der Waals surface area contributed by atoms with E-state index in [0.717, 1.165) is 30.8 Å². The number of rotatable bonds is 3. The van der Waals surface area contributed by atoms with E-state index in [9.17, 15) is 4.79 Å². The zero-order valence-electron chi connectivity index (χ0n) is 11.6. The third kappa shape index (κ3) is 4.03. The van der Waals surface area contributed by atoms with Crippen LogP contribution in [-0.2, 0) is 24.2 Å². The predicted octanol–water partition coefficient (Wildman–Crippen LogP) is 2.33. The van der Waals surface area contributed by atoms with Gasteiger partial charge in [-0.05, 0) is 47.9 Å². The summed E-state index contributed by atoms with van der Waals surface area (Å²) in [5.74, 6) is -0.0123. The second-order valence-corrected chi connectivity index (χ2v) is 5.00. The highest BCUT2D eigenvalue weighted by Crippen LogP contribution is 2.19. The lowest BCUT2D eigenvalue weighted by molar-refractivity contribution is -0.115. The molecular formula is C16H18ClN3O. The second-order valence-electron chi connectivity index (χ2n) is 5.00. The maximum atomic E-state index is 12.0. The number of pyridine rings is 1. The van der Waals surface area contributed by atoms with Crippen LogP contribution < -0.4 is 10.6 Å². The summed E-state index contributed by atoms with van der Waals surface area (Å²) in [6, 6.07) is 9.89. The van der Waals surface area contributed by atoms with Crippen molar-refractivity contribution in [1.82, 2.24) is 10.3 Å². The average molecular weight is 304 g/mol. The summed E-state index contributed by atoms with van der Waals surface area (Å²) in [7, 11) is 0. The fraction of sp³-hybridized carbons (Fsp3) is 0.250. The van der Waals surface area contributed by atoms with Gasteiger partial charge >= 0.3 is 0 Å². The van der Waals surface area contributed by atoms with Gasteiger partial charge in [-0.25, -0.2) is 0 Å². The molecule has 0 atom stereocenters. The van der Waals surface area contributed by atoms with Crippen LogP contribution in [0.4, 0.5) is 5.69 Å². The molecule has 1 aromatic heterocycles. The first-order valence-electron chi connectivity index (χ1n) is 6.82. The van der Waals surface area contributed by atoms with Crippen LogP contribution in [0.2, 0.25) is 0 Å². The van der Waals surface area contributed by atoms with E-state index in [0.29, 0.717) is 6.42 Å². The molecule has 1 aliphatic rings. The molecule has 110 valence electrons. The van der Waals surface area contributed by atoms with Gasteiger partial charge < -0.3 is 10.6 Å². The van der Waals surface area contributed by atoms with E-state index in [1.807, 2.05) is 18.2 Å². The molecule has 2 N–H and O–H groups in total. The molecule has 0 spiro atoms. The number of nitrogens with zero attached hydrogens (tertiary/aromatic N) is 1. The van der Waals surface area contributed by atoms with Gasteiger partial charge in [-0.1, -0.05) is 12.1 Å². The van der Waals surface area contributed by atoms with E-state index >= 15 is 0 Å². The zero-order chi connectivity index (χ0) is 13.8. The summed E-state index contributed by atoms with van der Waals surface area (Å²) in [6.07, 6.45) is 4.83. The Hall–Kier alpha value is -1.91. The molecule has 0 aliphatic carbocycles. The third-order valence-electron chi connectivity index (χ3n) is 3.46. The van der Waals surface area contributed by atoms with Crippen molar-refractivity contribution >= 4 is 24.0 Å². The van der Waals surface area contributed by atoms with E-state index in [4.69, 9.17) is 0 Å². The Morgan fingerprint density at radius 1 is 1.29 bits per heavy atom. The monoisotopic (exact) mass is 303 g/mol. The van der Waals surface area contributed by atoms with Gasteiger partial charge in [0.05, 0.1) is 6.42 Å². The Morgan fingerprint density at radius 3 is 3.00 bits per heavy atom. The standard InChI is InChI=1S/C16H17N3O.ClH/c20-16(8-12-2-1-6-17-10-12)19-15-4-3-13-5-7-18-11-14(13)9-15;/h1-4,6,9-10,18H,5,7-8,11H2,(H,19,20);1H. The van der Waals surface area contributed by atoms with Crippen molar-refractivity contribution in [2.75, 3.05) is 11.9 Å². The van der Waals surface area contributed by atoms with Gasteiger partial charge in [0.15, 0.2) is 0 Å². The number of halogens is 1. The van der Waals surface area contributed by atoms with Crippen LogP contribution in [0.25, 0.3) is 0 Å².